The molecule has 0 unspecified atom stereocenters. The lowest BCUT2D eigenvalue weighted by molar-refractivity contribution is 0.332. The van der Waals surface area contributed by atoms with Crippen molar-refractivity contribution in [1.82, 2.24) is 0 Å². The predicted molar refractivity (Wildman–Crippen MR) is 218 cm³/mol. The third-order valence-electron chi connectivity index (χ3n) is 11.0. The minimum absolute atomic E-state index is 0.134. The van der Waals surface area contributed by atoms with E-state index in [-0.39, 0.29) is 10.8 Å². The average molecular weight is 660 g/mol. The molecule has 0 saturated heterocycles. The zero-order valence-corrected chi connectivity index (χ0v) is 30.1. The lowest BCUT2D eigenvalue weighted by Crippen LogP contribution is -2.33. The van der Waals surface area contributed by atoms with Crippen LogP contribution in [0, 0.1) is 0 Å². The first-order chi connectivity index (χ1) is 24.8. The van der Waals surface area contributed by atoms with Crippen LogP contribution >= 0.6 is 0 Å². The van der Waals surface area contributed by atoms with E-state index in [4.69, 9.17) is 0 Å². The average Bonchev–Trinajstić information content (AvgIpc) is 3.18. The van der Waals surface area contributed by atoms with E-state index in [0.29, 0.717) is 0 Å². The van der Waals surface area contributed by atoms with Gasteiger partial charge in [0.25, 0.3) is 0 Å². The van der Waals surface area contributed by atoms with Crippen molar-refractivity contribution in [2.45, 2.75) is 51.4 Å². The monoisotopic (exact) mass is 659 g/mol. The van der Waals surface area contributed by atoms with Gasteiger partial charge in [0.05, 0.1) is 5.69 Å². The van der Waals surface area contributed by atoms with Gasteiger partial charge in [-0.05, 0) is 104 Å². The van der Waals surface area contributed by atoms with Gasteiger partial charge in [-0.25, -0.2) is 0 Å². The summed E-state index contributed by atoms with van der Waals surface area (Å²) in [6.45, 7) is 9.62. The largest absolute Gasteiger partial charge is 0.310 e. The molecule has 0 saturated carbocycles. The van der Waals surface area contributed by atoms with Crippen molar-refractivity contribution in [1.29, 1.82) is 0 Å². The third kappa shape index (κ3) is 6.41. The molecule has 0 N–H and O–H groups in total. The number of hydrogen-bond donors (Lipinski definition) is 0. The van der Waals surface area contributed by atoms with E-state index in [0.717, 1.165) is 17.1 Å². The molecule has 7 aromatic rings. The van der Waals surface area contributed by atoms with E-state index >= 15 is 0 Å². The summed E-state index contributed by atoms with van der Waals surface area (Å²) in [4.78, 5) is 2.43. The van der Waals surface area contributed by atoms with Gasteiger partial charge in [-0.15, -0.1) is 0 Å². The fourth-order valence-corrected chi connectivity index (χ4v) is 7.84. The number of para-hydroxylation sites is 1. The first-order valence-electron chi connectivity index (χ1n) is 18.2. The van der Waals surface area contributed by atoms with Gasteiger partial charge in [0.2, 0.25) is 0 Å². The first-order valence-corrected chi connectivity index (χ1v) is 18.2. The molecular weight excluding hydrogens is 615 g/mol. The van der Waals surface area contributed by atoms with E-state index in [9.17, 15) is 0 Å². The zero-order chi connectivity index (χ0) is 35.0. The molecule has 1 nitrogen and oxygen atoms in total. The molecule has 7 aromatic carbocycles. The molecule has 0 aromatic heterocycles. The van der Waals surface area contributed by atoms with Crippen molar-refractivity contribution < 1.29 is 0 Å². The van der Waals surface area contributed by atoms with Crippen LogP contribution in [0.4, 0.5) is 17.1 Å². The number of nitrogens with zero attached hydrogens (tertiary/aromatic N) is 1. The van der Waals surface area contributed by atoms with Crippen LogP contribution in [0.2, 0.25) is 0 Å². The number of anilines is 3. The molecule has 0 bridgehead atoms. The molecule has 8 rings (SSSR count). The van der Waals surface area contributed by atoms with E-state index in [1.807, 2.05) is 0 Å². The highest BCUT2D eigenvalue weighted by Gasteiger charge is 2.37. The molecule has 0 amide bonds. The molecule has 250 valence electrons. The maximum absolute atomic E-state index is 2.48. The highest BCUT2D eigenvalue weighted by molar-refractivity contribution is 5.90. The van der Waals surface area contributed by atoms with Crippen LogP contribution in [0.3, 0.4) is 0 Å². The highest BCUT2D eigenvalue weighted by atomic mass is 15.1. The second-order valence-corrected chi connectivity index (χ2v) is 15.3. The maximum atomic E-state index is 2.48. The maximum Gasteiger partial charge on any atom is 0.0540 e. The Hall–Kier alpha value is -5.66. The minimum atomic E-state index is 0.134. The number of hydrogen-bond acceptors (Lipinski definition) is 1. The normalized spacial score (nSPS) is 14.4. The molecule has 51 heavy (non-hydrogen) atoms. The van der Waals surface area contributed by atoms with Gasteiger partial charge in [0.1, 0.15) is 0 Å². The summed E-state index contributed by atoms with van der Waals surface area (Å²) in [6.07, 6.45) is 2.40. The summed E-state index contributed by atoms with van der Waals surface area (Å²) < 4.78 is 0. The summed E-state index contributed by atoms with van der Waals surface area (Å²) >= 11 is 0. The molecule has 1 heteroatoms. The molecule has 0 heterocycles. The Kier molecular flexibility index (Phi) is 8.44. The summed E-state index contributed by atoms with van der Waals surface area (Å²) in [7, 11) is 0. The highest BCUT2D eigenvalue weighted by Crippen LogP contribution is 2.48. The Morgan fingerprint density at radius 3 is 1.45 bits per heavy atom. The van der Waals surface area contributed by atoms with Crippen LogP contribution < -0.4 is 4.90 Å². The Morgan fingerprint density at radius 2 is 0.824 bits per heavy atom. The van der Waals surface area contributed by atoms with Crippen molar-refractivity contribution in [2.24, 2.45) is 0 Å². The number of fused-ring (bicyclic) bond motifs is 1. The molecular formula is C50H45N. The molecule has 1 aliphatic rings. The SMILES string of the molecule is CC1(C)CCC(C)(C)c2cc(-c3ccccc3N(c3ccc(-c4ccc(-c5ccccc5)cc4)cc3)c3cccc(-c4ccccc4)c3)ccc21. The van der Waals surface area contributed by atoms with Gasteiger partial charge in [0, 0.05) is 16.9 Å². The Bertz CT molecular complexity index is 2280. The third-order valence-corrected chi connectivity index (χ3v) is 11.0. The smallest absolute Gasteiger partial charge is 0.0540 e. The molecule has 0 fully saturated rings. The lowest BCUT2D eigenvalue weighted by atomic mass is 9.63. The second kappa shape index (κ2) is 13.2. The molecule has 0 atom stereocenters. The standard InChI is InChI=1S/C50H45N/c1-49(2)32-33-50(3,4)47-35-42(28-31-46(47)49)45-20-11-12-21-48(45)51(44-19-13-18-41(34-44)37-16-9-6-10-17-37)43-29-26-40(27-30-43)39-24-22-38(23-25-39)36-14-7-5-8-15-36/h5-31,34-35H,32-33H2,1-4H3. The van der Waals surface area contributed by atoms with Crippen molar-refractivity contribution >= 4 is 17.1 Å². The zero-order valence-electron chi connectivity index (χ0n) is 30.1. The summed E-state index contributed by atoms with van der Waals surface area (Å²) in [6, 6.07) is 64.3. The van der Waals surface area contributed by atoms with Gasteiger partial charge in [-0.3, -0.25) is 0 Å². The quantitative estimate of drug-likeness (QED) is 0.165. The van der Waals surface area contributed by atoms with Gasteiger partial charge in [0.15, 0.2) is 0 Å². The van der Waals surface area contributed by atoms with Crippen LogP contribution in [0.15, 0.2) is 176 Å². The van der Waals surface area contributed by atoms with Crippen molar-refractivity contribution in [3.8, 4) is 44.5 Å². The fraction of sp³-hybridized carbons (Fsp3) is 0.160. The van der Waals surface area contributed by atoms with Gasteiger partial charge in [-0.2, -0.15) is 0 Å². The van der Waals surface area contributed by atoms with Crippen LogP contribution in [0.25, 0.3) is 44.5 Å². The van der Waals surface area contributed by atoms with Gasteiger partial charge < -0.3 is 4.90 Å². The molecule has 0 radical (unpaired) electrons. The van der Waals surface area contributed by atoms with Gasteiger partial charge >= 0.3 is 0 Å². The predicted octanol–water partition coefficient (Wildman–Crippen LogP) is 14.2. The van der Waals surface area contributed by atoms with Gasteiger partial charge in [-0.1, -0.05) is 173 Å². The van der Waals surface area contributed by atoms with E-state index in [1.54, 1.807) is 0 Å². The summed E-state index contributed by atoms with van der Waals surface area (Å²) in [5, 5.41) is 0. The van der Waals surface area contributed by atoms with E-state index in [1.165, 1.54) is 68.5 Å². The van der Waals surface area contributed by atoms with Crippen LogP contribution in [0.1, 0.15) is 51.7 Å². The summed E-state index contributed by atoms with van der Waals surface area (Å²) in [5.41, 5.74) is 16.4. The molecule has 0 aliphatic heterocycles. The first kappa shape index (κ1) is 32.5. The lowest BCUT2D eigenvalue weighted by Gasteiger charge is -2.42. The fourth-order valence-electron chi connectivity index (χ4n) is 7.84. The topological polar surface area (TPSA) is 3.24 Å². The number of benzene rings is 7. The van der Waals surface area contributed by atoms with E-state index in [2.05, 4.69) is 209 Å². The van der Waals surface area contributed by atoms with Crippen LogP contribution in [-0.4, -0.2) is 0 Å². The Labute approximate surface area is 303 Å². The van der Waals surface area contributed by atoms with Crippen LogP contribution in [0.5, 0.6) is 0 Å². The minimum Gasteiger partial charge on any atom is -0.310 e. The van der Waals surface area contributed by atoms with Crippen molar-refractivity contribution in [2.75, 3.05) is 4.90 Å². The summed E-state index contributed by atoms with van der Waals surface area (Å²) in [5.74, 6) is 0. The molecule has 1 aliphatic carbocycles. The van der Waals surface area contributed by atoms with E-state index < -0.39 is 0 Å². The van der Waals surface area contributed by atoms with Crippen molar-refractivity contribution in [3.63, 3.8) is 0 Å². The Morgan fingerprint density at radius 1 is 0.353 bits per heavy atom. The van der Waals surface area contributed by atoms with Crippen molar-refractivity contribution in [3.05, 3.63) is 187 Å². The van der Waals surface area contributed by atoms with Crippen LogP contribution in [-0.2, 0) is 10.8 Å². The Balaban J connectivity index is 1.23. The number of rotatable bonds is 7. The second-order valence-electron chi connectivity index (χ2n) is 15.3. The molecule has 0 spiro atoms.